The second-order valence-electron chi connectivity index (χ2n) is 5.95. The van der Waals surface area contributed by atoms with Gasteiger partial charge in [-0.2, -0.15) is 5.10 Å². The molecule has 1 aromatic carbocycles. The van der Waals surface area contributed by atoms with Crippen molar-refractivity contribution in [2.24, 2.45) is 23.7 Å². The van der Waals surface area contributed by atoms with Crippen LogP contribution in [-0.2, 0) is 24.8 Å². The SMILES string of the molecule is CCNC(=NCc1ccnn1C)NCC(Cc1ccc(F)cc1)C(N)=O.I. The highest BCUT2D eigenvalue weighted by atomic mass is 127. The molecule has 1 aromatic heterocycles. The summed E-state index contributed by atoms with van der Waals surface area (Å²) in [6, 6.07) is 7.97. The fourth-order valence-corrected chi connectivity index (χ4v) is 2.46. The molecule has 148 valence electrons. The zero-order valence-corrected chi connectivity index (χ0v) is 17.8. The van der Waals surface area contributed by atoms with Crippen LogP contribution in [0.25, 0.3) is 0 Å². The van der Waals surface area contributed by atoms with Crippen molar-refractivity contribution in [3.63, 3.8) is 0 Å². The quantitative estimate of drug-likeness (QED) is 0.299. The van der Waals surface area contributed by atoms with E-state index in [0.717, 1.165) is 11.3 Å². The summed E-state index contributed by atoms with van der Waals surface area (Å²) in [7, 11) is 1.86. The number of nitrogens with zero attached hydrogens (tertiary/aromatic N) is 3. The lowest BCUT2D eigenvalue weighted by molar-refractivity contribution is -0.121. The van der Waals surface area contributed by atoms with Gasteiger partial charge >= 0.3 is 0 Å². The van der Waals surface area contributed by atoms with Crippen LogP contribution in [0.15, 0.2) is 41.5 Å². The van der Waals surface area contributed by atoms with Crippen LogP contribution in [0.1, 0.15) is 18.2 Å². The zero-order valence-electron chi connectivity index (χ0n) is 15.5. The van der Waals surface area contributed by atoms with Gasteiger partial charge in [-0.15, -0.1) is 24.0 Å². The lowest BCUT2D eigenvalue weighted by atomic mass is 9.98. The van der Waals surface area contributed by atoms with Crippen LogP contribution in [-0.4, -0.2) is 34.7 Å². The summed E-state index contributed by atoms with van der Waals surface area (Å²) in [5.41, 5.74) is 7.35. The van der Waals surface area contributed by atoms with Crippen molar-refractivity contribution >= 4 is 35.8 Å². The van der Waals surface area contributed by atoms with E-state index in [1.165, 1.54) is 12.1 Å². The molecule has 0 spiro atoms. The molecule has 1 atom stereocenters. The van der Waals surface area contributed by atoms with Gasteiger partial charge < -0.3 is 16.4 Å². The molecule has 0 fully saturated rings. The van der Waals surface area contributed by atoms with Gasteiger partial charge in [0.15, 0.2) is 5.96 Å². The van der Waals surface area contributed by atoms with Crippen LogP contribution >= 0.6 is 24.0 Å². The normalized spacial score (nSPS) is 12.2. The minimum atomic E-state index is -0.430. The summed E-state index contributed by atoms with van der Waals surface area (Å²) in [4.78, 5) is 16.3. The first-order valence-corrected chi connectivity index (χ1v) is 8.52. The molecule has 9 heteroatoms. The molecule has 0 bridgehead atoms. The Kier molecular flexibility index (Phi) is 9.76. The molecule has 0 radical (unpaired) electrons. The van der Waals surface area contributed by atoms with Crippen molar-refractivity contribution in [2.45, 2.75) is 19.9 Å². The molecule has 1 heterocycles. The van der Waals surface area contributed by atoms with E-state index in [-0.39, 0.29) is 29.8 Å². The third kappa shape index (κ3) is 7.53. The standard InChI is InChI=1S/C18H25FN6O.HI/c1-3-21-18(23-12-16-8-9-24-25(16)2)22-11-14(17(20)26)10-13-4-6-15(19)7-5-13;/h4-9,14H,3,10-12H2,1-2H3,(H2,20,26)(H2,21,22,23);1H. The molecule has 0 saturated heterocycles. The van der Waals surface area contributed by atoms with Crippen molar-refractivity contribution in [2.75, 3.05) is 13.1 Å². The van der Waals surface area contributed by atoms with Crippen molar-refractivity contribution in [3.05, 3.63) is 53.6 Å². The minimum Gasteiger partial charge on any atom is -0.369 e. The van der Waals surface area contributed by atoms with Crippen LogP contribution in [0.2, 0.25) is 0 Å². The number of rotatable bonds is 8. The highest BCUT2D eigenvalue weighted by molar-refractivity contribution is 14.0. The predicted octanol–water partition coefficient (Wildman–Crippen LogP) is 1.58. The molecular weight excluding hydrogens is 462 g/mol. The van der Waals surface area contributed by atoms with Crippen molar-refractivity contribution < 1.29 is 9.18 Å². The van der Waals surface area contributed by atoms with Gasteiger partial charge in [0.1, 0.15) is 5.82 Å². The molecular formula is C18H26FIN6O. The Hall–Kier alpha value is -2.17. The van der Waals surface area contributed by atoms with E-state index in [4.69, 9.17) is 5.73 Å². The second-order valence-corrected chi connectivity index (χ2v) is 5.95. The number of hydrogen-bond donors (Lipinski definition) is 3. The number of halogens is 2. The highest BCUT2D eigenvalue weighted by Gasteiger charge is 2.16. The number of aryl methyl sites for hydroxylation is 1. The Balaban J connectivity index is 0.00000364. The monoisotopic (exact) mass is 488 g/mol. The average molecular weight is 488 g/mol. The predicted molar refractivity (Wildman–Crippen MR) is 114 cm³/mol. The molecule has 0 saturated carbocycles. The molecule has 2 rings (SSSR count). The van der Waals surface area contributed by atoms with E-state index in [0.29, 0.717) is 32.0 Å². The Bertz CT molecular complexity index is 747. The van der Waals surface area contributed by atoms with Gasteiger partial charge in [0, 0.05) is 26.3 Å². The molecule has 0 aliphatic carbocycles. The first-order valence-electron chi connectivity index (χ1n) is 8.52. The maximum Gasteiger partial charge on any atom is 0.222 e. The van der Waals surface area contributed by atoms with Crippen LogP contribution in [0.3, 0.4) is 0 Å². The third-order valence-corrected chi connectivity index (χ3v) is 3.98. The number of aromatic nitrogens is 2. The Morgan fingerprint density at radius 1 is 1.30 bits per heavy atom. The van der Waals surface area contributed by atoms with Crippen LogP contribution in [0.5, 0.6) is 0 Å². The molecule has 7 nitrogen and oxygen atoms in total. The molecule has 4 N–H and O–H groups in total. The summed E-state index contributed by atoms with van der Waals surface area (Å²) < 4.78 is 14.8. The Morgan fingerprint density at radius 2 is 2.00 bits per heavy atom. The van der Waals surface area contributed by atoms with E-state index < -0.39 is 11.8 Å². The molecule has 27 heavy (non-hydrogen) atoms. The maximum absolute atomic E-state index is 13.0. The van der Waals surface area contributed by atoms with Crippen LogP contribution in [0, 0.1) is 11.7 Å². The number of benzene rings is 1. The van der Waals surface area contributed by atoms with Crippen molar-refractivity contribution in [1.29, 1.82) is 0 Å². The number of carbonyl (C=O) groups is 1. The summed E-state index contributed by atoms with van der Waals surface area (Å²) >= 11 is 0. The minimum absolute atomic E-state index is 0. The van der Waals surface area contributed by atoms with Gasteiger partial charge in [0.2, 0.25) is 5.91 Å². The van der Waals surface area contributed by atoms with E-state index >= 15 is 0 Å². The largest absolute Gasteiger partial charge is 0.369 e. The fraction of sp³-hybridized carbons (Fsp3) is 0.389. The fourth-order valence-electron chi connectivity index (χ4n) is 2.46. The number of amides is 1. The van der Waals surface area contributed by atoms with Gasteiger partial charge in [0.25, 0.3) is 0 Å². The summed E-state index contributed by atoms with van der Waals surface area (Å²) in [6.07, 6.45) is 2.15. The van der Waals surface area contributed by atoms with Gasteiger partial charge in [-0.1, -0.05) is 12.1 Å². The van der Waals surface area contributed by atoms with E-state index in [1.807, 2.05) is 20.0 Å². The third-order valence-electron chi connectivity index (χ3n) is 3.98. The highest BCUT2D eigenvalue weighted by Crippen LogP contribution is 2.09. The lowest BCUT2D eigenvalue weighted by Crippen LogP contribution is -2.43. The topological polar surface area (TPSA) is 97.3 Å². The number of nitrogens with one attached hydrogen (secondary N) is 2. The average Bonchev–Trinajstić information content (AvgIpc) is 3.02. The summed E-state index contributed by atoms with van der Waals surface area (Å²) in [6.45, 7) is 3.46. The number of primary amides is 1. The number of aliphatic imine (C=N–C) groups is 1. The number of nitrogens with two attached hydrogens (primary N) is 1. The van der Waals surface area contributed by atoms with Crippen molar-refractivity contribution in [3.8, 4) is 0 Å². The zero-order chi connectivity index (χ0) is 18.9. The maximum atomic E-state index is 13.0. The number of carbonyl (C=O) groups excluding carboxylic acids is 1. The number of hydrogen-bond acceptors (Lipinski definition) is 3. The van der Waals surface area contributed by atoms with Gasteiger partial charge in [-0.05, 0) is 37.1 Å². The number of guanidine groups is 1. The molecule has 0 aliphatic rings. The smallest absolute Gasteiger partial charge is 0.222 e. The van der Waals surface area contributed by atoms with E-state index in [1.54, 1.807) is 23.0 Å². The van der Waals surface area contributed by atoms with E-state index in [9.17, 15) is 9.18 Å². The van der Waals surface area contributed by atoms with Gasteiger partial charge in [0.05, 0.1) is 18.2 Å². The molecule has 1 unspecified atom stereocenters. The Labute approximate surface area is 175 Å². The Morgan fingerprint density at radius 3 is 2.56 bits per heavy atom. The second kappa shape index (κ2) is 11.5. The summed E-state index contributed by atoms with van der Waals surface area (Å²) in [5, 5.41) is 10.4. The lowest BCUT2D eigenvalue weighted by Gasteiger charge is -2.17. The molecule has 0 aliphatic heterocycles. The van der Waals surface area contributed by atoms with Gasteiger partial charge in [-0.25, -0.2) is 9.38 Å². The summed E-state index contributed by atoms with van der Waals surface area (Å²) in [5.74, 6) is -0.552. The van der Waals surface area contributed by atoms with E-state index in [2.05, 4.69) is 20.7 Å². The van der Waals surface area contributed by atoms with Crippen molar-refractivity contribution in [1.82, 2.24) is 20.4 Å². The first-order chi connectivity index (χ1) is 12.5. The van der Waals surface area contributed by atoms with Crippen LogP contribution in [0.4, 0.5) is 4.39 Å². The van der Waals surface area contributed by atoms with Gasteiger partial charge in [-0.3, -0.25) is 9.48 Å². The first kappa shape index (κ1) is 22.9. The van der Waals surface area contributed by atoms with Crippen LogP contribution < -0.4 is 16.4 Å². The molecule has 2 aromatic rings. The molecule has 1 amide bonds.